The van der Waals surface area contributed by atoms with E-state index >= 15 is 0 Å². The number of nitriles is 2. The van der Waals surface area contributed by atoms with Gasteiger partial charge in [-0.3, -0.25) is 0 Å². The molecule has 0 aliphatic heterocycles. The predicted octanol–water partition coefficient (Wildman–Crippen LogP) is 8.32. The molecule has 7 heteroatoms. The number of nitrogens with zero attached hydrogens (tertiary/aromatic N) is 2. The van der Waals surface area contributed by atoms with Crippen LogP contribution in [-0.4, -0.2) is 10.2 Å². The molecule has 0 aromatic heterocycles. The van der Waals surface area contributed by atoms with Crippen LogP contribution in [0.2, 0.25) is 0 Å². The van der Waals surface area contributed by atoms with E-state index in [1.165, 1.54) is 0 Å². The molecule has 0 saturated heterocycles. The molecule has 41 heavy (non-hydrogen) atoms. The van der Waals surface area contributed by atoms with Gasteiger partial charge in [0.15, 0.2) is 0 Å². The Hall–Kier alpha value is -2.76. The summed E-state index contributed by atoms with van der Waals surface area (Å²) in [6, 6.07) is 41.8. The quantitative estimate of drug-likeness (QED) is 0.217. The summed E-state index contributed by atoms with van der Waals surface area (Å²) < 4.78 is 0. The zero-order valence-corrected chi connectivity index (χ0v) is 27.6. The Kier molecular flexibility index (Phi) is 13.0. The summed E-state index contributed by atoms with van der Waals surface area (Å²) in [5.74, 6) is 0. The third-order valence-electron chi connectivity index (χ3n) is 7.13. The van der Waals surface area contributed by atoms with Crippen LogP contribution in [0.5, 0.6) is 0 Å². The van der Waals surface area contributed by atoms with Gasteiger partial charge in [0.2, 0.25) is 0 Å². The first kappa shape index (κ1) is 34.4. The molecule has 0 fully saturated rings. The average molecular weight is 665 g/mol. The SMILES string of the molecule is CC(C)(C#N)C(O)(c1ccccc1)c1ccccc1.CC(C)(C#N)C(O)(c1ccccc1)c1ccccc1.[Cl][Zr][Cl]. The second-order valence-electron chi connectivity index (χ2n) is 10.4. The Labute approximate surface area is 262 Å². The third kappa shape index (κ3) is 7.75. The number of benzene rings is 4. The van der Waals surface area contributed by atoms with Gasteiger partial charge < -0.3 is 10.2 Å². The van der Waals surface area contributed by atoms with Crippen LogP contribution < -0.4 is 0 Å². The molecule has 4 aromatic rings. The molecule has 0 saturated carbocycles. The summed E-state index contributed by atoms with van der Waals surface area (Å²) in [4.78, 5) is 0. The molecular formula is C34H34Cl2N2O2Zr. The van der Waals surface area contributed by atoms with Crippen LogP contribution in [-0.2, 0) is 32.1 Å². The molecule has 2 N–H and O–H groups in total. The van der Waals surface area contributed by atoms with Gasteiger partial charge in [-0.15, -0.1) is 0 Å². The zero-order chi connectivity index (χ0) is 30.6. The van der Waals surface area contributed by atoms with Crippen molar-refractivity contribution in [2.75, 3.05) is 0 Å². The van der Waals surface area contributed by atoms with E-state index in [1.54, 1.807) is 27.7 Å². The minimum absolute atomic E-state index is 0.729. The van der Waals surface area contributed by atoms with Crippen molar-refractivity contribution in [1.29, 1.82) is 10.5 Å². The normalized spacial score (nSPS) is 11.4. The molecule has 0 heterocycles. The number of hydrogen-bond acceptors (Lipinski definition) is 4. The van der Waals surface area contributed by atoms with Crippen LogP contribution in [0.25, 0.3) is 0 Å². The fraction of sp³-hybridized carbons (Fsp3) is 0.235. The van der Waals surface area contributed by atoms with Crippen molar-refractivity contribution < 1.29 is 31.1 Å². The molecular weight excluding hydrogens is 631 g/mol. The molecule has 0 spiro atoms. The minimum atomic E-state index is -1.33. The average Bonchev–Trinajstić information content (AvgIpc) is 3.02. The van der Waals surface area contributed by atoms with E-state index in [4.69, 9.17) is 17.0 Å². The second-order valence-corrected chi connectivity index (χ2v) is 14.2. The first-order valence-electron chi connectivity index (χ1n) is 12.9. The fourth-order valence-corrected chi connectivity index (χ4v) is 4.66. The van der Waals surface area contributed by atoms with Gasteiger partial charge in [-0.1, -0.05) is 121 Å². The molecule has 0 unspecified atom stereocenters. The molecule has 0 aliphatic carbocycles. The zero-order valence-electron chi connectivity index (χ0n) is 23.6. The van der Waals surface area contributed by atoms with E-state index in [0.717, 1.165) is 22.3 Å². The van der Waals surface area contributed by atoms with Crippen LogP contribution >= 0.6 is 17.0 Å². The molecule has 0 amide bonds. The van der Waals surface area contributed by atoms with Crippen LogP contribution in [0.3, 0.4) is 0 Å². The molecule has 4 aromatic carbocycles. The van der Waals surface area contributed by atoms with Crippen molar-refractivity contribution in [3.63, 3.8) is 0 Å². The Balaban J connectivity index is 0.000000262. The molecule has 0 bridgehead atoms. The van der Waals surface area contributed by atoms with Gasteiger partial charge in [0.25, 0.3) is 0 Å². The van der Waals surface area contributed by atoms with Crippen LogP contribution in [0.15, 0.2) is 121 Å². The topological polar surface area (TPSA) is 88.0 Å². The number of hydrogen-bond donors (Lipinski definition) is 2. The summed E-state index contributed by atoms with van der Waals surface area (Å²) in [7, 11) is 9.87. The summed E-state index contributed by atoms with van der Waals surface area (Å²) >= 11 is -0.826. The summed E-state index contributed by atoms with van der Waals surface area (Å²) in [5.41, 5.74) is -1.61. The van der Waals surface area contributed by atoms with Crippen molar-refractivity contribution >= 4 is 17.0 Å². The van der Waals surface area contributed by atoms with E-state index in [9.17, 15) is 20.7 Å². The first-order valence-corrected chi connectivity index (χ1v) is 19.2. The van der Waals surface area contributed by atoms with Gasteiger partial charge in [-0.2, -0.15) is 10.5 Å². The molecule has 0 atom stereocenters. The predicted molar refractivity (Wildman–Crippen MR) is 162 cm³/mol. The standard InChI is InChI=1S/2C17H17NO.2ClH.Zr/c2*1-16(2,13-18)17(19,14-9-5-3-6-10-14)15-11-7-4-8-12-15;;;/h2*3-12,19H,1-2H3;2*1H;/q;;;;+2/p-2. The number of halogens is 2. The van der Waals surface area contributed by atoms with E-state index in [-0.39, 0.29) is 0 Å². The van der Waals surface area contributed by atoms with Crippen LogP contribution in [0, 0.1) is 33.5 Å². The molecule has 4 rings (SSSR count). The van der Waals surface area contributed by atoms with Crippen molar-refractivity contribution in [2.45, 2.75) is 38.9 Å². The van der Waals surface area contributed by atoms with Gasteiger partial charge in [0, 0.05) is 0 Å². The maximum absolute atomic E-state index is 11.3. The maximum atomic E-state index is 11.3. The second kappa shape index (κ2) is 15.5. The monoisotopic (exact) mass is 662 g/mol. The van der Waals surface area contributed by atoms with Crippen LogP contribution in [0.1, 0.15) is 49.9 Å². The number of rotatable bonds is 6. The van der Waals surface area contributed by atoms with Gasteiger partial charge in [0.05, 0.1) is 23.0 Å². The molecule has 210 valence electrons. The molecule has 0 aliphatic rings. The van der Waals surface area contributed by atoms with E-state index in [1.807, 2.05) is 121 Å². The van der Waals surface area contributed by atoms with Gasteiger partial charge in [-0.25, -0.2) is 0 Å². The molecule has 0 radical (unpaired) electrons. The van der Waals surface area contributed by atoms with Crippen molar-refractivity contribution in [3.8, 4) is 12.1 Å². The van der Waals surface area contributed by atoms with Gasteiger partial charge >= 0.3 is 37.9 Å². The van der Waals surface area contributed by atoms with Crippen molar-refractivity contribution in [1.82, 2.24) is 0 Å². The fourth-order valence-electron chi connectivity index (χ4n) is 4.66. The summed E-state index contributed by atoms with van der Waals surface area (Å²) in [6.45, 7) is 7.03. The van der Waals surface area contributed by atoms with Crippen LogP contribution in [0.4, 0.5) is 0 Å². The van der Waals surface area contributed by atoms with Crippen molar-refractivity contribution in [2.24, 2.45) is 10.8 Å². The van der Waals surface area contributed by atoms with E-state index < -0.39 is 42.9 Å². The first-order chi connectivity index (χ1) is 19.5. The van der Waals surface area contributed by atoms with Crippen molar-refractivity contribution in [3.05, 3.63) is 144 Å². The van der Waals surface area contributed by atoms with E-state index in [0.29, 0.717) is 0 Å². The summed E-state index contributed by atoms with van der Waals surface area (Å²) in [6.07, 6.45) is 0. The van der Waals surface area contributed by atoms with Gasteiger partial charge in [0.1, 0.15) is 11.2 Å². The van der Waals surface area contributed by atoms with Gasteiger partial charge in [-0.05, 0) is 49.9 Å². The summed E-state index contributed by atoms with van der Waals surface area (Å²) in [5, 5.41) is 41.4. The number of aliphatic hydroxyl groups is 2. The van der Waals surface area contributed by atoms with E-state index in [2.05, 4.69) is 12.1 Å². The Morgan fingerprint density at radius 2 is 0.659 bits per heavy atom. The third-order valence-corrected chi connectivity index (χ3v) is 7.13. The Morgan fingerprint density at radius 1 is 0.488 bits per heavy atom. The Bertz CT molecular complexity index is 1230. The molecule has 4 nitrogen and oxygen atoms in total. The Morgan fingerprint density at radius 3 is 0.805 bits per heavy atom.